The summed E-state index contributed by atoms with van der Waals surface area (Å²) in [5, 5.41) is 3.17. The Morgan fingerprint density at radius 3 is 2.64 bits per heavy atom. The number of likely N-dealkylation sites (N-methyl/N-ethyl adjacent to an activating group) is 1. The molecule has 1 heterocycles. The molecular formula is C20H17ClN2O4S. The molecule has 28 heavy (non-hydrogen) atoms. The highest BCUT2D eigenvalue weighted by Crippen LogP contribution is 2.30. The minimum atomic E-state index is -0.536. The Morgan fingerprint density at radius 2 is 1.93 bits per heavy atom. The van der Waals surface area contributed by atoms with Crippen molar-refractivity contribution in [1.82, 2.24) is 10.2 Å². The number of benzene rings is 2. The molecule has 2 aromatic carbocycles. The van der Waals surface area contributed by atoms with Crippen molar-refractivity contribution >= 4 is 46.8 Å². The normalized spacial score (nSPS) is 15.6. The second-order valence-electron chi connectivity index (χ2n) is 5.97. The first-order valence-electron chi connectivity index (χ1n) is 8.30. The number of ether oxygens (including phenoxy) is 2. The van der Waals surface area contributed by atoms with Crippen molar-refractivity contribution in [2.45, 2.75) is 6.61 Å². The Bertz CT molecular complexity index is 990. The maximum absolute atomic E-state index is 12.3. The van der Waals surface area contributed by atoms with Gasteiger partial charge in [-0.3, -0.25) is 19.8 Å². The van der Waals surface area contributed by atoms with Crippen LogP contribution in [0.5, 0.6) is 11.5 Å². The molecule has 1 fully saturated rings. The van der Waals surface area contributed by atoms with Crippen molar-refractivity contribution in [2.75, 3.05) is 14.2 Å². The fraction of sp³-hybridized carbons (Fsp3) is 0.150. The molecule has 144 valence electrons. The standard InChI is InChI=1S/C20H17ClN2O4S/c1-23-19(25)14(18(24)22-20(23)28)9-12-7-8-16(17(10-12)26-2)27-11-13-5-3-4-6-15(13)21/h3-10H,11H2,1-2H3,(H,22,24,28)/b14-9+. The van der Waals surface area contributed by atoms with Gasteiger partial charge < -0.3 is 9.47 Å². The topological polar surface area (TPSA) is 67.9 Å². The number of halogens is 1. The maximum atomic E-state index is 12.3. The van der Waals surface area contributed by atoms with E-state index >= 15 is 0 Å². The van der Waals surface area contributed by atoms with E-state index < -0.39 is 11.8 Å². The van der Waals surface area contributed by atoms with E-state index in [4.69, 9.17) is 33.3 Å². The number of rotatable bonds is 5. The van der Waals surface area contributed by atoms with Gasteiger partial charge >= 0.3 is 0 Å². The van der Waals surface area contributed by atoms with Gasteiger partial charge in [-0.25, -0.2) is 0 Å². The fourth-order valence-corrected chi connectivity index (χ4v) is 2.94. The van der Waals surface area contributed by atoms with Crippen LogP contribution in [0.15, 0.2) is 48.0 Å². The van der Waals surface area contributed by atoms with E-state index in [-0.39, 0.29) is 17.3 Å². The Hall–Kier alpha value is -2.90. The zero-order valence-corrected chi connectivity index (χ0v) is 16.8. The third-order valence-electron chi connectivity index (χ3n) is 4.14. The number of carbonyl (C=O) groups excluding carboxylic acids is 2. The summed E-state index contributed by atoms with van der Waals surface area (Å²) < 4.78 is 11.2. The second kappa shape index (κ2) is 8.41. The highest BCUT2D eigenvalue weighted by atomic mass is 35.5. The van der Waals surface area contributed by atoms with Crippen molar-refractivity contribution in [1.29, 1.82) is 0 Å². The predicted octanol–water partition coefficient (Wildman–Crippen LogP) is 3.18. The molecule has 1 N–H and O–H groups in total. The molecule has 0 unspecified atom stereocenters. The third kappa shape index (κ3) is 4.16. The molecule has 0 radical (unpaired) electrons. The number of amides is 2. The average molecular weight is 417 g/mol. The number of nitrogens with one attached hydrogen (secondary N) is 1. The average Bonchev–Trinajstić information content (AvgIpc) is 2.69. The Kier molecular flexibility index (Phi) is 5.96. The third-order valence-corrected chi connectivity index (χ3v) is 4.89. The molecule has 0 bridgehead atoms. The zero-order valence-electron chi connectivity index (χ0n) is 15.2. The van der Waals surface area contributed by atoms with Crippen molar-refractivity contribution < 1.29 is 19.1 Å². The number of nitrogens with zero attached hydrogens (tertiary/aromatic N) is 1. The summed E-state index contributed by atoms with van der Waals surface area (Å²) >= 11 is 11.1. The first kappa shape index (κ1) is 19.9. The van der Waals surface area contributed by atoms with E-state index in [0.717, 1.165) is 5.56 Å². The van der Waals surface area contributed by atoms with Gasteiger partial charge in [0.1, 0.15) is 12.2 Å². The molecule has 6 nitrogen and oxygen atoms in total. The molecule has 1 saturated heterocycles. The molecular weight excluding hydrogens is 400 g/mol. The van der Waals surface area contributed by atoms with Crippen LogP contribution in [0.4, 0.5) is 0 Å². The summed E-state index contributed by atoms with van der Waals surface area (Å²) in [5.41, 5.74) is 1.45. The van der Waals surface area contributed by atoms with Crippen LogP contribution in [0, 0.1) is 0 Å². The van der Waals surface area contributed by atoms with E-state index in [2.05, 4.69) is 5.32 Å². The lowest BCUT2D eigenvalue weighted by molar-refractivity contribution is -0.128. The molecule has 3 rings (SSSR count). The van der Waals surface area contributed by atoms with Crippen LogP contribution in [0.2, 0.25) is 5.02 Å². The summed E-state index contributed by atoms with van der Waals surface area (Å²) in [4.78, 5) is 25.6. The van der Waals surface area contributed by atoms with Crippen LogP contribution < -0.4 is 14.8 Å². The van der Waals surface area contributed by atoms with Crippen LogP contribution in [-0.4, -0.2) is 36.0 Å². The van der Waals surface area contributed by atoms with Gasteiger partial charge in [-0.15, -0.1) is 0 Å². The van der Waals surface area contributed by atoms with E-state index in [1.807, 2.05) is 18.2 Å². The first-order valence-corrected chi connectivity index (χ1v) is 9.08. The summed E-state index contributed by atoms with van der Waals surface area (Å²) in [6, 6.07) is 12.5. The highest BCUT2D eigenvalue weighted by Gasteiger charge is 2.30. The molecule has 2 aromatic rings. The molecule has 0 aliphatic carbocycles. The van der Waals surface area contributed by atoms with E-state index in [1.165, 1.54) is 25.1 Å². The second-order valence-corrected chi connectivity index (χ2v) is 6.77. The van der Waals surface area contributed by atoms with Gasteiger partial charge in [0.05, 0.1) is 7.11 Å². The monoisotopic (exact) mass is 416 g/mol. The van der Waals surface area contributed by atoms with Gasteiger partial charge in [-0.1, -0.05) is 35.9 Å². The van der Waals surface area contributed by atoms with Crippen LogP contribution in [0.25, 0.3) is 6.08 Å². The minimum absolute atomic E-state index is 0.0112. The van der Waals surface area contributed by atoms with Gasteiger partial charge in [0.25, 0.3) is 11.8 Å². The van der Waals surface area contributed by atoms with Gasteiger partial charge in [-0.2, -0.15) is 0 Å². The quantitative estimate of drug-likeness (QED) is 0.460. The Labute approximate surface area is 172 Å². The van der Waals surface area contributed by atoms with Crippen molar-refractivity contribution in [3.8, 4) is 11.5 Å². The van der Waals surface area contributed by atoms with Crippen LogP contribution in [0.3, 0.4) is 0 Å². The number of hydrogen-bond acceptors (Lipinski definition) is 5. The fourth-order valence-electron chi connectivity index (χ4n) is 2.58. The largest absolute Gasteiger partial charge is 0.493 e. The molecule has 2 amide bonds. The van der Waals surface area contributed by atoms with Crippen molar-refractivity contribution in [2.24, 2.45) is 0 Å². The smallest absolute Gasteiger partial charge is 0.265 e. The van der Waals surface area contributed by atoms with Gasteiger partial charge in [-0.05, 0) is 42.1 Å². The molecule has 1 aliphatic rings. The van der Waals surface area contributed by atoms with Gasteiger partial charge in [0.2, 0.25) is 0 Å². The molecule has 1 aliphatic heterocycles. The first-order chi connectivity index (χ1) is 13.4. The summed E-state index contributed by atoms with van der Waals surface area (Å²) in [5.74, 6) is -0.0193. The molecule has 0 saturated carbocycles. The summed E-state index contributed by atoms with van der Waals surface area (Å²) in [6.07, 6.45) is 1.48. The lowest BCUT2D eigenvalue weighted by atomic mass is 10.1. The Morgan fingerprint density at radius 1 is 1.18 bits per heavy atom. The Balaban J connectivity index is 1.83. The lowest BCUT2D eigenvalue weighted by Crippen LogP contribution is -2.52. The number of hydrogen-bond donors (Lipinski definition) is 1. The molecule has 0 aromatic heterocycles. The van der Waals surface area contributed by atoms with E-state index in [0.29, 0.717) is 22.1 Å². The molecule has 8 heteroatoms. The summed E-state index contributed by atoms with van der Waals surface area (Å²) in [7, 11) is 3.02. The maximum Gasteiger partial charge on any atom is 0.265 e. The van der Waals surface area contributed by atoms with E-state index in [1.54, 1.807) is 24.3 Å². The van der Waals surface area contributed by atoms with E-state index in [9.17, 15) is 9.59 Å². The van der Waals surface area contributed by atoms with Crippen molar-refractivity contribution in [3.63, 3.8) is 0 Å². The highest BCUT2D eigenvalue weighted by molar-refractivity contribution is 7.80. The van der Waals surface area contributed by atoms with Gasteiger partial charge in [0, 0.05) is 17.6 Å². The zero-order chi connectivity index (χ0) is 20.3. The predicted molar refractivity (Wildman–Crippen MR) is 110 cm³/mol. The van der Waals surface area contributed by atoms with Crippen LogP contribution >= 0.6 is 23.8 Å². The minimum Gasteiger partial charge on any atom is -0.493 e. The SMILES string of the molecule is COc1cc(/C=C2\C(=O)NC(=S)N(C)C2=O)ccc1OCc1ccccc1Cl. The van der Waals surface area contributed by atoms with Crippen LogP contribution in [0.1, 0.15) is 11.1 Å². The van der Waals surface area contributed by atoms with Gasteiger partial charge in [0.15, 0.2) is 16.6 Å². The number of carbonyl (C=O) groups is 2. The number of methoxy groups -OCH3 is 1. The van der Waals surface area contributed by atoms with Crippen LogP contribution in [-0.2, 0) is 16.2 Å². The molecule has 0 spiro atoms. The van der Waals surface area contributed by atoms with Crippen molar-refractivity contribution in [3.05, 3.63) is 64.2 Å². The molecule has 0 atom stereocenters. The summed E-state index contributed by atoms with van der Waals surface area (Å²) in [6.45, 7) is 0.277. The number of thiocarbonyl (C=S) groups is 1. The lowest BCUT2D eigenvalue weighted by Gasteiger charge is -2.25.